The molecule has 156 valence electrons. The van der Waals surface area contributed by atoms with Crippen LogP contribution >= 0.6 is 27.3 Å². The van der Waals surface area contributed by atoms with Gasteiger partial charge in [0.05, 0.1) is 5.56 Å². The van der Waals surface area contributed by atoms with Crippen molar-refractivity contribution >= 4 is 38.2 Å². The molecule has 0 aliphatic carbocycles. The predicted octanol–water partition coefficient (Wildman–Crippen LogP) is 5.74. The maximum Gasteiger partial charge on any atom is 0.339 e. The van der Waals surface area contributed by atoms with Crippen LogP contribution < -0.4 is 0 Å². The number of benzene rings is 3. The van der Waals surface area contributed by atoms with E-state index in [1.54, 1.807) is 4.52 Å². The van der Waals surface area contributed by atoms with Crippen LogP contribution in [-0.4, -0.2) is 25.8 Å². The Morgan fingerprint density at radius 2 is 1.78 bits per heavy atom. The molecule has 1 aliphatic heterocycles. The summed E-state index contributed by atoms with van der Waals surface area (Å²) in [6.07, 6.45) is 0.344. The van der Waals surface area contributed by atoms with Crippen LogP contribution in [0.25, 0.3) is 26.9 Å². The summed E-state index contributed by atoms with van der Waals surface area (Å²) in [4.78, 5) is 13.3. The number of aromatic nitrogens is 4. The van der Waals surface area contributed by atoms with Gasteiger partial charge in [-0.25, -0.2) is 4.79 Å². The van der Waals surface area contributed by atoms with Gasteiger partial charge in [-0.3, -0.25) is 0 Å². The lowest BCUT2D eigenvalue weighted by Crippen LogP contribution is -2.21. The van der Waals surface area contributed by atoms with Gasteiger partial charge in [0.1, 0.15) is 11.1 Å². The van der Waals surface area contributed by atoms with Crippen LogP contribution in [0.2, 0.25) is 0 Å². The number of cyclic esters (lactones) is 1. The topological polar surface area (TPSA) is 69.4 Å². The van der Waals surface area contributed by atoms with Gasteiger partial charge in [-0.15, -0.1) is 10.2 Å². The Bertz CT molecular complexity index is 1480. The molecular weight excluding hydrogens is 488 g/mol. The van der Waals surface area contributed by atoms with E-state index < -0.39 is 0 Å². The van der Waals surface area contributed by atoms with Gasteiger partial charge in [0.25, 0.3) is 0 Å². The molecule has 5 aromatic rings. The maximum atomic E-state index is 12.6. The molecule has 8 heteroatoms. The van der Waals surface area contributed by atoms with Crippen molar-refractivity contribution in [1.29, 1.82) is 0 Å². The van der Waals surface area contributed by atoms with Gasteiger partial charge in [0.2, 0.25) is 4.96 Å². The smallest absolute Gasteiger partial charge is 0.339 e. The third-order valence-corrected chi connectivity index (χ3v) is 7.14. The van der Waals surface area contributed by atoms with Crippen molar-refractivity contribution in [2.75, 3.05) is 0 Å². The van der Waals surface area contributed by atoms with Crippen LogP contribution in [0.3, 0.4) is 0 Å². The number of esters is 1. The van der Waals surface area contributed by atoms with Gasteiger partial charge < -0.3 is 4.74 Å². The zero-order chi connectivity index (χ0) is 21.7. The minimum absolute atomic E-state index is 0.286. The van der Waals surface area contributed by atoms with Crippen molar-refractivity contribution in [1.82, 2.24) is 19.8 Å². The second-order valence-corrected chi connectivity index (χ2v) is 9.30. The summed E-state index contributed by atoms with van der Waals surface area (Å²) >= 11 is 5.04. The highest BCUT2D eigenvalue weighted by molar-refractivity contribution is 9.10. The van der Waals surface area contributed by atoms with E-state index in [1.165, 1.54) is 11.3 Å². The van der Waals surface area contributed by atoms with Crippen LogP contribution in [0.15, 0.2) is 77.3 Å². The lowest BCUT2D eigenvalue weighted by Gasteiger charge is -2.25. The van der Waals surface area contributed by atoms with E-state index in [4.69, 9.17) is 9.84 Å². The Hall–Kier alpha value is -3.36. The molecule has 6 rings (SSSR count). The zero-order valence-corrected chi connectivity index (χ0v) is 19.0. The number of fused-ring (bicyclic) bond motifs is 2. The standard InChI is InChI=1S/C24H15BrN4O2S/c25-19-9-5-4-8-18(19)21-26-27-24-29(21)28-22(32-24)15-10-11-17-16(12-15)13-20(31-23(17)30)14-6-2-1-3-7-14/h1-12,20H,13H2. The number of halogens is 1. The van der Waals surface area contributed by atoms with Crippen molar-refractivity contribution in [3.63, 3.8) is 0 Å². The summed E-state index contributed by atoms with van der Waals surface area (Å²) in [5.74, 6) is 0.390. The number of carbonyl (C=O) groups excluding carboxylic acids is 1. The van der Waals surface area contributed by atoms with Crippen molar-refractivity contribution < 1.29 is 9.53 Å². The van der Waals surface area contributed by atoms with Gasteiger partial charge in [-0.05, 0) is 35.4 Å². The van der Waals surface area contributed by atoms with Crippen molar-refractivity contribution in [2.24, 2.45) is 0 Å². The van der Waals surface area contributed by atoms with E-state index in [1.807, 2.05) is 72.8 Å². The van der Waals surface area contributed by atoms with E-state index in [-0.39, 0.29) is 12.1 Å². The summed E-state index contributed by atoms with van der Waals surface area (Å²) in [6.45, 7) is 0. The highest BCUT2D eigenvalue weighted by Crippen LogP contribution is 2.35. The fourth-order valence-electron chi connectivity index (χ4n) is 3.93. The highest BCUT2D eigenvalue weighted by Gasteiger charge is 2.28. The Labute approximate surface area is 195 Å². The van der Waals surface area contributed by atoms with Gasteiger partial charge in [0.15, 0.2) is 5.82 Å². The molecule has 2 aromatic heterocycles. The van der Waals surface area contributed by atoms with Gasteiger partial charge in [0, 0.05) is 22.0 Å². The quantitative estimate of drug-likeness (QED) is 0.294. The van der Waals surface area contributed by atoms with Crippen molar-refractivity contribution in [3.8, 4) is 22.0 Å². The van der Waals surface area contributed by atoms with Crippen molar-refractivity contribution in [2.45, 2.75) is 12.5 Å². The molecule has 0 saturated carbocycles. The van der Waals surface area contributed by atoms with Crippen LogP contribution in [0.5, 0.6) is 0 Å². The predicted molar refractivity (Wildman–Crippen MR) is 126 cm³/mol. The number of rotatable bonds is 3. The summed E-state index contributed by atoms with van der Waals surface area (Å²) in [5.41, 5.74) is 4.44. The minimum Gasteiger partial charge on any atom is -0.454 e. The number of nitrogens with zero attached hydrogens (tertiary/aromatic N) is 4. The van der Waals surface area contributed by atoms with Gasteiger partial charge in [-0.1, -0.05) is 75.8 Å². The van der Waals surface area contributed by atoms with E-state index in [9.17, 15) is 4.79 Å². The number of hydrogen-bond acceptors (Lipinski definition) is 6. The summed E-state index contributed by atoms with van der Waals surface area (Å²) in [5, 5.41) is 14.2. The molecule has 1 aliphatic rings. The molecule has 0 N–H and O–H groups in total. The van der Waals surface area contributed by atoms with Gasteiger partial charge in [-0.2, -0.15) is 9.61 Å². The molecule has 3 aromatic carbocycles. The summed E-state index contributed by atoms with van der Waals surface area (Å²) in [6, 6.07) is 23.5. The van der Waals surface area contributed by atoms with Gasteiger partial charge >= 0.3 is 5.97 Å². The number of ether oxygens (including phenoxy) is 1. The lowest BCUT2D eigenvalue weighted by molar-refractivity contribution is 0.0253. The first-order chi connectivity index (χ1) is 15.7. The average Bonchev–Trinajstić information content (AvgIpc) is 3.41. The monoisotopic (exact) mass is 502 g/mol. The lowest BCUT2D eigenvalue weighted by atomic mass is 9.93. The second kappa shape index (κ2) is 7.65. The highest BCUT2D eigenvalue weighted by atomic mass is 79.9. The normalized spacial score (nSPS) is 15.5. The molecule has 1 atom stereocenters. The molecule has 0 bridgehead atoms. The molecule has 3 heterocycles. The maximum absolute atomic E-state index is 12.6. The SMILES string of the molecule is O=C1OC(c2ccccc2)Cc2cc(-c3nn4c(-c5ccccc5Br)nnc4s3)ccc21. The van der Waals surface area contributed by atoms with Crippen LogP contribution in [0.1, 0.15) is 27.6 Å². The molecular formula is C24H15BrN4O2S. The van der Waals surface area contributed by atoms with E-state index >= 15 is 0 Å². The Morgan fingerprint density at radius 3 is 2.62 bits per heavy atom. The molecule has 0 spiro atoms. The third-order valence-electron chi connectivity index (χ3n) is 5.50. The van der Waals surface area contributed by atoms with E-state index in [0.29, 0.717) is 22.8 Å². The largest absolute Gasteiger partial charge is 0.454 e. The van der Waals surface area contributed by atoms with Crippen LogP contribution in [0, 0.1) is 0 Å². The van der Waals surface area contributed by atoms with Crippen molar-refractivity contribution in [3.05, 3.63) is 94.0 Å². The first kappa shape index (κ1) is 19.3. The third kappa shape index (κ3) is 3.23. The molecule has 32 heavy (non-hydrogen) atoms. The molecule has 1 unspecified atom stereocenters. The molecule has 0 amide bonds. The molecule has 0 fully saturated rings. The fourth-order valence-corrected chi connectivity index (χ4v) is 5.22. The number of carbonyl (C=O) groups is 1. The van der Waals surface area contributed by atoms with E-state index in [2.05, 4.69) is 26.1 Å². The van der Waals surface area contributed by atoms with E-state index in [0.717, 1.165) is 31.7 Å². The molecule has 0 saturated heterocycles. The summed E-state index contributed by atoms with van der Waals surface area (Å²) < 4.78 is 8.38. The first-order valence-corrected chi connectivity index (χ1v) is 11.6. The molecule has 0 radical (unpaired) electrons. The van der Waals surface area contributed by atoms with Crippen LogP contribution in [0.4, 0.5) is 0 Å². The second-order valence-electron chi connectivity index (χ2n) is 7.49. The zero-order valence-electron chi connectivity index (χ0n) is 16.6. The Balaban J connectivity index is 1.39. The number of hydrogen-bond donors (Lipinski definition) is 0. The minimum atomic E-state index is -0.291. The fraction of sp³-hybridized carbons (Fsp3) is 0.0833. The summed E-state index contributed by atoms with van der Waals surface area (Å²) in [7, 11) is 0. The van der Waals surface area contributed by atoms with Crippen LogP contribution in [-0.2, 0) is 11.2 Å². The Kier molecular flexibility index (Phi) is 4.62. The first-order valence-electron chi connectivity index (χ1n) is 10.0. The Morgan fingerprint density at radius 1 is 0.969 bits per heavy atom. The average molecular weight is 503 g/mol. The molecule has 6 nitrogen and oxygen atoms in total.